The highest BCUT2D eigenvalue weighted by atomic mass is 32.1. The average molecular weight is 555 g/mol. The summed E-state index contributed by atoms with van der Waals surface area (Å²) < 4.78 is 0. The molecule has 12 heteroatoms. The number of aromatic amines is 2. The Morgan fingerprint density at radius 3 is 1.95 bits per heavy atom. The molecule has 4 N–H and O–H groups in total. The Kier molecular flexibility index (Phi) is 7.36. The number of rotatable bonds is 8. The van der Waals surface area contributed by atoms with Gasteiger partial charge in [-0.15, -0.1) is 22.7 Å². The van der Waals surface area contributed by atoms with Crippen molar-refractivity contribution in [2.45, 2.75) is 32.1 Å². The number of H-pyrrole nitrogens is 2. The van der Waals surface area contributed by atoms with E-state index in [0.29, 0.717) is 5.92 Å². The maximum absolute atomic E-state index is 4.63. The number of anilines is 4. The van der Waals surface area contributed by atoms with Gasteiger partial charge in [-0.05, 0) is 43.5 Å². The smallest absolute Gasteiger partial charge is 0.188 e. The van der Waals surface area contributed by atoms with Crippen molar-refractivity contribution in [3.63, 3.8) is 0 Å². The molecule has 6 heterocycles. The molecule has 0 spiro atoms. The highest BCUT2D eigenvalue weighted by Gasteiger charge is 2.28. The van der Waals surface area contributed by atoms with E-state index in [1.165, 1.54) is 18.5 Å². The highest BCUT2D eigenvalue weighted by molar-refractivity contribution is 7.14. The summed E-state index contributed by atoms with van der Waals surface area (Å²) in [4.78, 5) is 17.6. The second-order valence-electron chi connectivity index (χ2n) is 8.84. The third-order valence-corrected chi connectivity index (χ3v) is 7.60. The van der Waals surface area contributed by atoms with Gasteiger partial charge in [0.1, 0.15) is 11.6 Å². The van der Waals surface area contributed by atoms with Crippen molar-refractivity contribution in [1.29, 1.82) is 0 Å². The molecule has 1 fully saturated rings. The fraction of sp³-hybridized carbons (Fsp3) is 0.185. The van der Waals surface area contributed by atoms with Crippen molar-refractivity contribution in [3.05, 3.63) is 83.3 Å². The molecule has 1 saturated carbocycles. The summed E-state index contributed by atoms with van der Waals surface area (Å²) in [5, 5.41) is 26.5. The Hall–Kier alpha value is -4.42. The van der Waals surface area contributed by atoms with Gasteiger partial charge in [-0.25, -0.2) is 19.9 Å². The Labute approximate surface area is 233 Å². The summed E-state index contributed by atoms with van der Waals surface area (Å²) >= 11 is 3.14. The lowest BCUT2D eigenvalue weighted by Gasteiger charge is -2.00. The van der Waals surface area contributed by atoms with Crippen LogP contribution in [0.1, 0.15) is 37.1 Å². The van der Waals surface area contributed by atoms with Crippen LogP contribution in [0, 0.1) is 0 Å². The minimum absolute atomic E-state index is 0.640. The van der Waals surface area contributed by atoms with E-state index in [1.54, 1.807) is 35.1 Å². The summed E-state index contributed by atoms with van der Waals surface area (Å²) in [5.74, 6) is 2.25. The first-order chi connectivity index (χ1) is 19.3. The Bertz CT molecular complexity index is 1620. The van der Waals surface area contributed by atoms with Crippen LogP contribution < -0.4 is 10.6 Å². The molecule has 6 aromatic rings. The van der Waals surface area contributed by atoms with Gasteiger partial charge in [0.2, 0.25) is 0 Å². The van der Waals surface area contributed by atoms with E-state index in [-0.39, 0.29) is 0 Å². The fourth-order valence-electron chi connectivity index (χ4n) is 3.99. The summed E-state index contributed by atoms with van der Waals surface area (Å²) in [6.07, 6.45) is 10.6. The molecule has 39 heavy (non-hydrogen) atoms. The molecule has 0 aromatic carbocycles. The first-order valence-corrected chi connectivity index (χ1v) is 14.4. The molecule has 0 bridgehead atoms. The van der Waals surface area contributed by atoms with Crippen LogP contribution in [-0.2, 0) is 6.42 Å². The predicted molar refractivity (Wildman–Crippen MR) is 156 cm³/mol. The van der Waals surface area contributed by atoms with Gasteiger partial charge in [-0.3, -0.25) is 10.2 Å². The minimum Gasteiger partial charge on any atom is -0.316 e. The molecule has 0 radical (unpaired) electrons. The van der Waals surface area contributed by atoms with Gasteiger partial charge in [0.25, 0.3) is 0 Å². The largest absolute Gasteiger partial charge is 0.316 e. The Morgan fingerprint density at radius 1 is 0.795 bits per heavy atom. The lowest BCUT2D eigenvalue weighted by molar-refractivity contribution is 0.966. The van der Waals surface area contributed by atoms with Crippen molar-refractivity contribution in [3.8, 4) is 22.5 Å². The number of nitrogens with zero attached hydrogens (tertiary/aromatic N) is 6. The second-order valence-corrected chi connectivity index (χ2v) is 10.6. The molecule has 1 aliphatic rings. The van der Waals surface area contributed by atoms with Crippen molar-refractivity contribution in [2.75, 3.05) is 10.6 Å². The molecule has 0 atom stereocenters. The summed E-state index contributed by atoms with van der Waals surface area (Å²) in [6.45, 7) is 2.09. The highest BCUT2D eigenvalue weighted by Crippen LogP contribution is 2.43. The monoisotopic (exact) mass is 554 g/mol. The molecule has 0 unspecified atom stereocenters. The van der Waals surface area contributed by atoms with Gasteiger partial charge in [-0.2, -0.15) is 10.2 Å². The molecule has 7 rings (SSSR count). The van der Waals surface area contributed by atoms with Crippen LogP contribution in [0.3, 0.4) is 0 Å². The predicted octanol–water partition coefficient (Wildman–Crippen LogP) is 6.78. The standard InChI is InChI=1S/C14H13N5S.C13H13N5S/c1-2-6-15-12(3-1)18-14-17-11(8-20-14)10-7-16-19-13(10)9-4-5-9;1-2-10-9(7-15-18-10)11-8-19-13(16-11)17-12-5-3-4-6-14-12/h1-3,6-9H,4-5H2,(H,16,19)(H,15,17,18);3-8H,2H2,1H3,(H,15,18)(H,14,16,17). The van der Waals surface area contributed by atoms with Crippen molar-refractivity contribution in [2.24, 2.45) is 0 Å². The van der Waals surface area contributed by atoms with Gasteiger partial charge in [0, 0.05) is 51.6 Å². The van der Waals surface area contributed by atoms with E-state index >= 15 is 0 Å². The van der Waals surface area contributed by atoms with E-state index in [1.807, 2.05) is 54.2 Å². The number of pyridine rings is 2. The first kappa shape index (κ1) is 24.9. The molecule has 1 aliphatic carbocycles. The molecule has 0 saturated heterocycles. The minimum atomic E-state index is 0.640. The van der Waals surface area contributed by atoms with Crippen molar-refractivity contribution >= 4 is 44.6 Å². The maximum Gasteiger partial charge on any atom is 0.188 e. The van der Waals surface area contributed by atoms with Crippen LogP contribution in [0.5, 0.6) is 0 Å². The molecule has 0 aliphatic heterocycles. The third kappa shape index (κ3) is 6.02. The Balaban J connectivity index is 0.000000142. The zero-order chi connectivity index (χ0) is 26.4. The van der Waals surface area contributed by atoms with Crippen LogP contribution in [0.15, 0.2) is 71.9 Å². The Morgan fingerprint density at radius 2 is 1.38 bits per heavy atom. The molecule has 0 amide bonds. The molecule has 10 nitrogen and oxygen atoms in total. The van der Waals surface area contributed by atoms with Crippen LogP contribution in [0.4, 0.5) is 21.9 Å². The van der Waals surface area contributed by atoms with Crippen LogP contribution in [0.25, 0.3) is 22.5 Å². The van der Waals surface area contributed by atoms with Crippen LogP contribution >= 0.6 is 22.7 Å². The number of aromatic nitrogens is 8. The number of hydrogen-bond donors (Lipinski definition) is 4. The zero-order valence-corrected chi connectivity index (χ0v) is 22.8. The fourth-order valence-corrected chi connectivity index (χ4v) is 5.42. The number of thiazole rings is 2. The van der Waals surface area contributed by atoms with E-state index in [9.17, 15) is 0 Å². The van der Waals surface area contributed by atoms with Crippen molar-refractivity contribution < 1.29 is 0 Å². The van der Waals surface area contributed by atoms with E-state index in [0.717, 1.165) is 56.5 Å². The average Bonchev–Trinajstić information content (AvgIpc) is 3.41. The third-order valence-electron chi connectivity index (χ3n) is 6.09. The number of nitrogens with one attached hydrogen (secondary N) is 4. The SMILES string of the molecule is CCc1[nH]ncc1-c1csc(Nc2ccccn2)n1.c1ccc(Nc2nc(-c3cn[nH]c3C3CC3)cs2)nc1. The van der Waals surface area contributed by atoms with E-state index in [2.05, 4.69) is 63.3 Å². The summed E-state index contributed by atoms with van der Waals surface area (Å²) in [5.41, 5.74) is 6.43. The molecule has 6 aromatic heterocycles. The molecular weight excluding hydrogens is 529 g/mol. The molecular formula is C27H26N10S2. The first-order valence-electron chi connectivity index (χ1n) is 12.6. The van der Waals surface area contributed by atoms with Gasteiger partial charge in [0.15, 0.2) is 10.3 Å². The zero-order valence-electron chi connectivity index (χ0n) is 21.1. The van der Waals surface area contributed by atoms with E-state index < -0.39 is 0 Å². The van der Waals surface area contributed by atoms with Gasteiger partial charge < -0.3 is 10.6 Å². The van der Waals surface area contributed by atoms with Gasteiger partial charge in [-0.1, -0.05) is 19.1 Å². The molecule has 196 valence electrons. The summed E-state index contributed by atoms with van der Waals surface area (Å²) in [7, 11) is 0. The van der Waals surface area contributed by atoms with E-state index in [4.69, 9.17) is 0 Å². The lowest BCUT2D eigenvalue weighted by atomic mass is 10.1. The second kappa shape index (κ2) is 11.5. The number of aryl methyl sites for hydroxylation is 1. The summed E-state index contributed by atoms with van der Waals surface area (Å²) in [6, 6.07) is 11.5. The van der Waals surface area contributed by atoms with Gasteiger partial charge >= 0.3 is 0 Å². The lowest BCUT2D eigenvalue weighted by Crippen LogP contribution is -1.92. The van der Waals surface area contributed by atoms with Crippen LogP contribution in [-0.4, -0.2) is 40.3 Å². The number of hydrogen-bond acceptors (Lipinski definition) is 10. The normalized spacial score (nSPS) is 12.5. The van der Waals surface area contributed by atoms with Crippen molar-refractivity contribution in [1.82, 2.24) is 40.3 Å². The quantitative estimate of drug-likeness (QED) is 0.162. The topological polar surface area (TPSA) is 133 Å². The van der Waals surface area contributed by atoms with Gasteiger partial charge in [0.05, 0.1) is 23.8 Å². The maximum atomic E-state index is 4.63. The van der Waals surface area contributed by atoms with Crippen LogP contribution in [0.2, 0.25) is 0 Å².